The monoisotopic (exact) mass is 133 g/mol. The predicted octanol–water partition coefficient (Wildman–Crippen LogP) is -0.381. The van der Waals surface area contributed by atoms with Crippen LogP contribution in [-0.2, 0) is 0 Å². The van der Waals surface area contributed by atoms with Crippen molar-refractivity contribution in [1.29, 1.82) is 0 Å². The third kappa shape index (κ3) is 145. The van der Waals surface area contributed by atoms with Gasteiger partial charge >= 0.3 is 37.7 Å². The van der Waals surface area contributed by atoms with Crippen LogP contribution in [0.15, 0.2) is 0 Å². The molecular formula is C3H11CaNO2. The van der Waals surface area contributed by atoms with Crippen molar-refractivity contribution < 1.29 is 11.0 Å². The molecule has 0 bridgehead atoms. The Bertz CT molecular complexity index is 17.7. The van der Waals surface area contributed by atoms with E-state index in [9.17, 15) is 0 Å². The Morgan fingerprint density at radius 1 is 1.14 bits per heavy atom. The van der Waals surface area contributed by atoms with Crippen molar-refractivity contribution in [2.24, 2.45) is 5.73 Å². The van der Waals surface area contributed by atoms with Crippen molar-refractivity contribution in [3.05, 3.63) is 0 Å². The van der Waals surface area contributed by atoms with Crippen LogP contribution in [0.25, 0.3) is 0 Å². The maximum absolute atomic E-state index is 5.11. The van der Waals surface area contributed by atoms with Crippen LogP contribution in [0.3, 0.4) is 0 Å². The van der Waals surface area contributed by atoms with Gasteiger partial charge in [0, 0.05) is 0 Å². The Hall–Kier alpha value is 1.14. The fourth-order valence-electron chi connectivity index (χ4n) is 0. The second kappa shape index (κ2) is 15.7. The van der Waals surface area contributed by atoms with Crippen molar-refractivity contribution in [3.63, 3.8) is 0 Å². The summed E-state index contributed by atoms with van der Waals surface area (Å²) in [5.74, 6) is 0. The van der Waals surface area contributed by atoms with Gasteiger partial charge in [-0.05, 0) is 6.04 Å². The van der Waals surface area contributed by atoms with Crippen LogP contribution in [0.2, 0.25) is 0 Å². The molecule has 0 aromatic carbocycles. The molecule has 0 spiro atoms. The SMILES string of the molecule is CC(C)N.[Ca+2].[OH-].[OH-]. The predicted molar refractivity (Wildman–Crippen MR) is 28.9 cm³/mol. The molecule has 4 N–H and O–H groups in total. The van der Waals surface area contributed by atoms with E-state index in [4.69, 9.17) is 5.73 Å². The van der Waals surface area contributed by atoms with E-state index in [1.54, 1.807) is 0 Å². The molecule has 0 saturated carbocycles. The summed E-state index contributed by atoms with van der Waals surface area (Å²) >= 11 is 0. The molecular weight excluding hydrogens is 122 g/mol. The smallest absolute Gasteiger partial charge is 0.870 e. The zero-order valence-corrected chi connectivity index (χ0v) is 6.96. The van der Waals surface area contributed by atoms with Crippen molar-refractivity contribution in [1.82, 2.24) is 0 Å². The molecule has 0 atom stereocenters. The minimum atomic E-state index is 0. The normalized spacial score (nSPS) is 5.14. The van der Waals surface area contributed by atoms with E-state index in [0.717, 1.165) is 0 Å². The van der Waals surface area contributed by atoms with Crippen LogP contribution in [0.1, 0.15) is 13.8 Å². The largest absolute Gasteiger partial charge is 2.00 e. The second-order valence-electron chi connectivity index (χ2n) is 1.24. The maximum atomic E-state index is 5.11. The molecule has 3 nitrogen and oxygen atoms in total. The zero-order valence-electron chi connectivity index (χ0n) is 4.76. The van der Waals surface area contributed by atoms with Gasteiger partial charge in [0.2, 0.25) is 0 Å². The van der Waals surface area contributed by atoms with Crippen LogP contribution in [0, 0.1) is 0 Å². The quantitative estimate of drug-likeness (QED) is 0.457. The van der Waals surface area contributed by atoms with Crippen LogP contribution in [0.5, 0.6) is 0 Å². The molecule has 4 heteroatoms. The first-order chi connectivity index (χ1) is 1.73. The molecule has 0 saturated heterocycles. The average Bonchev–Trinajstić information content (AvgIpc) is 0.811. The van der Waals surface area contributed by atoms with Gasteiger partial charge in [0.25, 0.3) is 0 Å². The molecule has 0 aromatic heterocycles. The van der Waals surface area contributed by atoms with E-state index < -0.39 is 0 Å². The molecule has 0 aromatic rings. The van der Waals surface area contributed by atoms with Crippen molar-refractivity contribution in [3.8, 4) is 0 Å². The third-order valence-corrected chi connectivity index (χ3v) is 0. The van der Waals surface area contributed by atoms with E-state index in [-0.39, 0.29) is 48.7 Å². The Balaban J connectivity index is -0.0000000150. The Morgan fingerprint density at radius 3 is 1.14 bits per heavy atom. The van der Waals surface area contributed by atoms with Gasteiger partial charge in [-0.25, -0.2) is 0 Å². The standard InChI is InChI=1S/C3H9N.Ca.2H2O/c1-3(2)4;;;/h3H,4H2,1-2H3;;2*1H2/q;+2;;/p-2. The van der Waals surface area contributed by atoms with Crippen LogP contribution in [0.4, 0.5) is 0 Å². The Morgan fingerprint density at radius 2 is 1.14 bits per heavy atom. The molecule has 0 heterocycles. The summed E-state index contributed by atoms with van der Waals surface area (Å²) < 4.78 is 0. The van der Waals surface area contributed by atoms with Crippen LogP contribution >= 0.6 is 0 Å². The first kappa shape index (κ1) is 24.2. The summed E-state index contributed by atoms with van der Waals surface area (Å²) in [4.78, 5) is 0. The van der Waals surface area contributed by atoms with E-state index in [2.05, 4.69) is 0 Å². The number of hydrogen-bond acceptors (Lipinski definition) is 3. The van der Waals surface area contributed by atoms with Crippen LogP contribution in [-0.4, -0.2) is 54.7 Å². The van der Waals surface area contributed by atoms with Crippen LogP contribution < -0.4 is 5.73 Å². The molecule has 0 aliphatic rings. The van der Waals surface area contributed by atoms with Gasteiger partial charge in [-0.1, -0.05) is 13.8 Å². The molecule has 0 radical (unpaired) electrons. The molecule has 42 valence electrons. The first-order valence-electron chi connectivity index (χ1n) is 1.49. The van der Waals surface area contributed by atoms with Gasteiger partial charge in [0.1, 0.15) is 0 Å². The van der Waals surface area contributed by atoms with E-state index >= 15 is 0 Å². The summed E-state index contributed by atoms with van der Waals surface area (Å²) in [5, 5.41) is 0. The van der Waals surface area contributed by atoms with Crippen molar-refractivity contribution in [2.45, 2.75) is 19.9 Å². The summed E-state index contributed by atoms with van der Waals surface area (Å²) in [5.41, 5.74) is 5.11. The molecule has 0 aliphatic carbocycles. The summed E-state index contributed by atoms with van der Waals surface area (Å²) in [6.45, 7) is 3.89. The van der Waals surface area contributed by atoms with E-state index in [1.807, 2.05) is 13.8 Å². The maximum Gasteiger partial charge on any atom is 2.00 e. The van der Waals surface area contributed by atoms with Gasteiger partial charge in [0.15, 0.2) is 0 Å². The van der Waals surface area contributed by atoms with E-state index in [0.29, 0.717) is 6.04 Å². The molecule has 0 aliphatic heterocycles. The minimum Gasteiger partial charge on any atom is -0.870 e. The van der Waals surface area contributed by atoms with Crippen molar-refractivity contribution in [2.75, 3.05) is 0 Å². The Kier molecular flexibility index (Phi) is 54.3. The number of hydrogen-bond donors (Lipinski definition) is 1. The molecule has 0 unspecified atom stereocenters. The average molecular weight is 133 g/mol. The molecule has 0 rings (SSSR count). The molecule has 7 heavy (non-hydrogen) atoms. The van der Waals surface area contributed by atoms with Gasteiger partial charge in [-0.15, -0.1) is 0 Å². The third-order valence-electron chi connectivity index (χ3n) is 0. The summed E-state index contributed by atoms with van der Waals surface area (Å²) in [6.07, 6.45) is 0. The number of rotatable bonds is 0. The van der Waals surface area contributed by atoms with Gasteiger partial charge in [-0.3, -0.25) is 0 Å². The second-order valence-corrected chi connectivity index (χ2v) is 1.24. The summed E-state index contributed by atoms with van der Waals surface area (Å²) in [6, 6.07) is 0.333. The fraction of sp³-hybridized carbons (Fsp3) is 1.00. The fourth-order valence-corrected chi connectivity index (χ4v) is 0. The zero-order chi connectivity index (χ0) is 3.58. The number of nitrogens with two attached hydrogens (primary N) is 1. The minimum absolute atomic E-state index is 0. The van der Waals surface area contributed by atoms with Gasteiger partial charge in [-0.2, -0.15) is 0 Å². The van der Waals surface area contributed by atoms with E-state index in [1.165, 1.54) is 0 Å². The van der Waals surface area contributed by atoms with Gasteiger partial charge < -0.3 is 16.7 Å². The van der Waals surface area contributed by atoms with Gasteiger partial charge in [0.05, 0.1) is 0 Å². The molecule has 0 amide bonds. The van der Waals surface area contributed by atoms with Crippen molar-refractivity contribution >= 4 is 37.7 Å². The topological polar surface area (TPSA) is 86.0 Å². The first-order valence-corrected chi connectivity index (χ1v) is 1.49. The Labute approximate surface area is 73.9 Å². The summed E-state index contributed by atoms with van der Waals surface area (Å²) in [7, 11) is 0. The molecule has 0 fully saturated rings.